The van der Waals surface area contributed by atoms with Crippen LogP contribution in [0.25, 0.3) is 10.9 Å². The zero-order chi connectivity index (χ0) is 9.97. The molecule has 0 spiro atoms. The number of fused-ring (bicyclic) bond motifs is 1. The van der Waals surface area contributed by atoms with E-state index in [1.807, 2.05) is 29.7 Å². The quantitative estimate of drug-likeness (QED) is 0.736. The number of para-hydroxylation sites is 1. The highest BCUT2D eigenvalue weighted by Gasteiger charge is 2.06. The lowest BCUT2D eigenvalue weighted by molar-refractivity contribution is 0.782. The Labute approximate surface area is 90.3 Å². The minimum absolute atomic E-state index is 0.485. The lowest BCUT2D eigenvalue weighted by Crippen LogP contribution is -1.95. The van der Waals surface area contributed by atoms with Crippen LogP contribution in [-0.4, -0.2) is 9.78 Å². The summed E-state index contributed by atoms with van der Waals surface area (Å²) in [5.41, 5.74) is 0.959. The van der Waals surface area contributed by atoms with Gasteiger partial charge in [-0.25, -0.2) is 0 Å². The van der Waals surface area contributed by atoms with Crippen molar-refractivity contribution >= 4 is 34.3 Å². The van der Waals surface area contributed by atoms with Crippen molar-refractivity contribution < 1.29 is 0 Å². The maximum absolute atomic E-state index is 8.45. The van der Waals surface area contributed by atoms with Crippen LogP contribution in [0, 0.1) is 10.7 Å². The van der Waals surface area contributed by atoms with Gasteiger partial charge in [0.15, 0.2) is 5.15 Å². The summed E-state index contributed by atoms with van der Waals surface area (Å²) in [6, 6.07) is 7.69. The largest absolute Gasteiger partial charge is 0.252 e. The minimum Gasteiger partial charge on any atom is -0.252 e. The fourth-order valence-corrected chi connectivity index (χ4v) is 1.90. The van der Waals surface area contributed by atoms with Gasteiger partial charge in [0.1, 0.15) is 11.3 Å². The Bertz CT molecular complexity index is 500. The van der Waals surface area contributed by atoms with E-state index < -0.39 is 0 Å². The van der Waals surface area contributed by atoms with Crippen LogP contribution in [0.3, 0.4) is 0 Å². The first kappa shape index (κ1) is 9.38. The first-order valence-corrected chi connectivity index (χ1v) is 5.31. The third kappa shape index (κ3) is 1.57. The number of aromatic nitrogens is 2. The van der Waals surface area contributed by atoms with Gasteiger partial charge in [-0.3, -0.25) is 4.68 Å². The zero-order valence-electron chi connectivity index (χ0n) is 7.14. The second-order valence-corrected chi connectivity index (χ2v) is 3.76. The molecule has 3 nitrogen and oxygen atoms in total. The van der Waals surface area contributed by atoms with E-state index in [0.717, 1.165) is 22.7 Å². The van der Waals surface area contributed by atoms with Crippen molar-refractivity contribution in [2.45, 2.75) is 5.88 Å². The molecule has 0 saturated heterocycles. The van der Waals surface area contributed by atoms with E-state index in [2.05, 4.69) is 5.10 Å². The fourth-order valence-electron chi connectivity index (χ4n) is 1.28. The lowest BCUT2D eigenvalue weighted by atomic mass is 10.3. The Kier molecular flexibility index (Phi) is 2.62. The predicted octanol–water partition coefficient (Wildman–Crippen LogP) is 2.86. The number of nitriles is 1. The van der Waals surface area contributed by atoms with E-state index in [0.29, 0.717) is 11.0 Å². The molecule has 1 aromatic heterocycles. The van der Waals surface area contributed by atoms with Crippen molar-refractivity contribution in [3.63, 3.8) is 0 Å². The van der Waals surface area contributed by atoms with Crippen LogP contribution in [-0.2, 0) is 5.88 Å². The molecule has 0 radical (unpaired) electrons. The van der Waals surface area contributed by atoms with Gasteiger partial charge in [-0.2, -0.15) is 10.4 Å². The van der Waals surface area contributed by atoms with Gasteiger partial charge in [-0.05, 0) is 23.9 Å². The Balaban J connectivity index is 2.51. The molecule has 0 amide bonds. The summed E-state index contributed by atoms with van der Waals surface area (Å²) in [6.45, 7) is 0. The molecule has 0 unspecified atom stereocenters. The Morgan fingerprint density at radius 3 is 3.07 bits per heavy atom. The molecule has 0 aliphatic heterocycles. The summed E-state index contributed by atoms with van der Waals surface area (Å²) in [5, 5.41) is 16.0. The first-order chi connectivity index (χ1) is 6.83. The van der Waals surface area contributed by atoms with Crippen LogP contribution < -0.4 is 0 Å². The second-order valence-electron chi connectivity index (χ2n) is 2.67. The fraction of sp³-hybridized carbons (Fsp3) is 0.111. The maximum atomic E-state index is 8.45. The van der Waals surface area contributed by atoms with E-state index in [4.69, 9.17) is 16.9 Å². The van der Waals surface area contributed by atoms with Crippen LogP contribution in [0.5, 0.6) is 0 Å². The molecule has 0 fully saturated rings. The van der Waals surface area contributed by atoms with E-state index >= 15 is 0 Å². The number of thiocyanates is 1. The molecule has 14 heavy (non-hydrogen) atoms. The van der Waals surface area contributed by atoms with E-state index in [1.54, 1.807) is 4.68 Å². The second kappa shape index (κ2) is 3.91. The van der Waals surface area contributed by atoms with Gasteiger partial charge < -0.3 is 0 Å². The van der Waals surface area contributed by atoms with Gasteiger partial charge in [0.25, 0.3) is 0 Å². The highest BCUT2D eigenvalue weighted by atomic mass is 35.5. The average molecular weight is 224 g/mol. The SMILES string of the molecule is N#CSCn1nc(Cl)c2ccccc21. The smallest absolute Gasteiger partial charge is 0.158 e. The normalized spacial score (nSPS) is 10.3. The van der Waals surface area contributed by atoms with Crippen LogP contribution in [0.15, 0.2) is 24.3 Å². The van der Waals surface area contributed by atoms with Crippen molar-refractivity contribution in [3.8, 4) is 5.40 Å². The molecule has 0 N–H and O–H groups in total. The number of thioether (sulfide) groups is 1. The first-order valence-electron chi connectivity index (χ1n) is 3.95. The van der Waals surface area contributed by atoms with Crippen molar-refractivity contribution in [1.29, 1.82) is 5.26 Å². The Hall–Kier alpha value is -1.18. The van der Waals surface area contributed by atoms with Crippen molar-refractivity contribution in [3.05, 3.63) is 29.4 Å². The number of benzene rings is 1. The van der Waals surface area contributed by atoms with E-state index in [-0.39, 0.29) is 0 Å². The summed E-state index contributed by atoms with van der Waals surface area (Å²) in [6.07, 6.45) is 0. The third-order valence-corrected chi connectivity index (χ3v) is 2.65. The zero-order valence-corrected chi connectivity index (χ0v) is 8.72. The van der Waals surface area contributed by atoms with Crippen molar-refractivity contribution in [2.75, 3.05) is 0 Å². The maximum Gasteiger partial charge on any atom is 0.158 e. The number of rotatable bonds is 2. The van der Waals surface area contributed by atoms with Crippen molar-refractivity contribution in [2.24, 2.45) is 0 Å². The number of halogens is 1. The topological polar surface area (TPSA) is 41.6 Å². The molecular weight excluding hydrogens is 218 g/mol. The summed E-state index contributed by atoms with van der Waals surface area (Å²) >= 11 is 7.07. The molecule has 0 aliphatic carbocycles. The van der Waals surface area contributed by atoms with Gasteiger partial charge in [0, 0.05) is 5.39 Å². The Morgan fingerprint density at radius 1 is 1.50 bits per heavy atom. The van der Waals surface area contributed by atoms with Crippen LogP contribution in [0.4, 0.5) is 0 Å². The molecule has 0 aliphatic rings. The average Bonchev–Trinajstić information content (AvgIpc) is 2.54. The summed E-state index contributed by atoms with van der Waals surface area (Å²) in [4.78, 5) is 0. The highest BCUT2D eigenvalue weighted by Crippen LogP contribution is 2.23. The lowest BCUT2D eigenvalue weighted by Gasteiger charge is -1.96. The molecule has 0 atom stereocenters. The van der Waals surface area contributed by atoms with Gasteiger partial charge >= 0.3 is 0 Å². The molecular formula is C9H6ClN3S. The molecule has 0 saturated carbocycles. The Morgan fingerprint density at radius 2 is 2.29 bits per heavy atom. The van der Waals surface area contributed by atoms with Gasteiger partial charge in [-0.1, -0.05) is 23.7 Å². The molecule has 70 valence electrons. The monoisotopic (exact) mass is 223 g/mol. The molecule has 5 heteroatoms. The minimum atomic E-state index is 0.485. The molecule has 1 heterocycles. The number of hydrogen-bond donors (Lipinski definition) is 0. The molecule has 1 aromatic carbocycles. The molecule has 2 aromatic rings. The van der Waals surface area contributed by atoms with Gasteiger partial charge in [-0.15, -0.1) is 0 Å². The van der Waals surface area contributed by atoms with Gasteiger partial charge in [0.2, 0.25) is 0 Å². The van der Waals surface area contributed by atoms with Crippen LogP contribution in [0.2, 0.25) is 5.15 Å². The summed E-state index contributed by atoms with van der Waals surface area (Å²) in [5.74, 6) is 0.504. The van der Waals surface area contributed by atoms with Crippen LogP contribution >= 0.6 is 23.4 Å². The van der Waals surface area contributed by atoms with Crippen molar-refractivity contribution in [1.82, 2.24) is 9.78 Å². The molecule has 2 rings (SSSR count). The van der Waals surface area contributed by atoms with E-state index in [9.17, 15) is 0 Å². The van der Waals surface area contributed by atoms with Crippen LogP contribution in [0.1, 0.15) is 0 Å². The van der Waals surface area contributed by atoms with E-state index in [1.165, 1.54) is 0 Å². The predicted molar refractivity (Wildman–Crippen MR) is 57.9 cm³/mol. The third-order valence-electron chi connectivity index (χ3n) is 1.86. The number of nitrogens with zero attached hydrogens (tertiary/aromatic N) is 3. The summed E-state index contributed by atoms with van der Waals surface area (Å²) in [7, 11) is 0. The number of hydrogen-bond acceptors (Lipinski definition) is 3. The standard InChI is InChI=1S/C9H6ClN3S/c10-9-7-3-1-2-4-8(7)13(12-9)6-14-5-11/h1-4H,6H2. The summed E-state index contributed by atoms with van der Waals surface area (Å²) < 4.78 is 1.73. The van der Waals surface area contributed by atoms with Gasteiger partial charge in [0.05, 0.1) is 5.52 Å². The highest BCUT2D eigenvalue weighted by molar-refractivity contribution is 8.02. The molecule has 0 bridgehead atoms.